The summed E-state index contributed by atoms with van der Waals surface area (Å²) in [4.78, 5) is 14.7. The molecule has 0 bridgehead atoms. The first-order chi connectivity index (χ1) is 9.63. The molecule has 0 aliphatic carbocycles. The molecule has 1 fully saturated rings. The summed E-state index contributed by atoms with van der Waals surface area (Å²) < 4.78 is 0. The minimum atomic E-state index is 0.0405. The fraction of sp³-hybridized carbons (Fsp3) is 0.562. The number of amides is 1. The molecule has 1 aliphatic rings. The van der Waals surface area contributed by atoms with Crippen molar-refractivity contribution in [3.63, 3.8) is 0 Å². The molecule has 1 aromatic carbocycles. The summed E-state index contributed by atoms with van der Waals surface area (Å²) in [5.41, 5.74) is 2.91. The second kappa shape index (κ2) is 6.75. The number of carbonyl (C=O) groups is 1. The molecule has 1 amide bonds. The van der Waals surface area contributed by atoms with E-state index in [0.29, 0.717) is 0 Å². The SMILES string of the molecule is CCN1CCCC(NC(=O)c2ccc(NC)c(C)c2)C1. The lowest BCUT2D eigenvalue weighted by Crippen LogP contribution is -2.47. The van der Waals surface area contributed by atoms with E-state index in [2.05, 4.69) is 22.5 Å². The Labute approximate surface area is 121 Å². The van der Waals surface area contributed by atoms with Crippen molar-refractivity contribution in [2.24, 2.45) is 0 Å². The van der Waals surface area contributed by atoms with Gasteiger partial charge < -0.3 is 15.5 Å². The van der Waals surface area contributed by atoms with Crippen molar-refractivity contribution in [3.05, 3.63) is 29.3 Å². The zero-order chi connectivity index (χ0) is 14.5. The van der Waals surface area contributed by atoms with Gasteiger partial charge in [0.05, 0.1) is 0 Å². The van der Waals surface area contributed by atoms with Crippen molar-refractivity contribution in [1.82, 2.24) is 10.2 Å². The molecule has 1 heterocycles. The van der Waals surface area contributed by atoms with Gasteiger partial charge in [0.25, 0.3) is 5.91 Å². The van der Waals surface area contributed by atoms with Crippen molar-refractivity contribution >= 4 is 11.6 Å². The molecule has 0 radical (unpaired) electrons. The van der Waals surface area contributed by atoms with Crippen molar-refractivity contribution in [2.45, 2.75) is 32.7 Å². The highest BCUT2D eigenvalue weighted by molar-refractivity contribution is 5.95. The highest BCUT2D eigenvalue weighted by Crippen LogP contribution is 2.16. The van der Waals surface area contributed by atoms with Gasteiger partial charge in [-0.1, -0.05) is 6.92 Å². The van der Waals surface area contributed by atoms with Gasteiger partial charge in [-0.3, -0.25) is 4.79 Å². The number of nitrogens with one attached hydrogen (secondary N) is 2. The standard InChI is InChI=1S/C16H25N3O/c1-4-19-9-5-6-14(11-19)18-16(20)13-7-8-15(17-3)12(2)10-13/h7-8,10,14,17H,4-6,9,11H2,1-3H3,(H,18,20). The van der Waals surface area contributed by atoms with E-state index in [1.54, 1.807) is 0 Å². The zero-order valence-electron chi connectivity index (χ0n) is 12.7. The first-order valence-corrected chi connectivity index (χ1v) is 7.45. The average molecular weight is 275 g/mol. The van der Waals surface area contributed by atoms with Crippen LogP contribution in [-0.4, -0.2) is 43.5 Å². The summed E-state index contributed by atoms with van der Waals surface area (Å²) in [6.07, 6.45) is 2.24. The second-order valence-corrected chi connectivity index (χ2v) is 5.49. The zero-order valence-corrected chi connectivity index (χ0v) is 12.7. The van der Waals surface area contributed by atoms with Gasteiger partial charge in [0.15, 0.2) is 0 Å². The maximum Gasteiger partial charge on any atom is 0.251 e. The van der Waals surface area contributed by atoms with Crippen molar-refractivity contribution in [2.75, 3.05) is 32.0 Å². The van der Waals surface area contributed by atoms with E-state index < -0.39 is 0 Å². The number of benzene rings is 1. The maximum atomic E-state index is 12.3. The van der Waals surface area contributed by atoms with Gasteiger partial charge in [-0.05, 0) is 56.6 Å². The summed E-state index contributed by atoms with van der Waals surface area (Å²) in [6, 6.07) is 6.07. The highest BCUT2D eigenvalue weighted by atomic mass is 16.1. The van der Waals surface area contributed by atoms with E-state index in [-0.39, 0.29) is 11.9 Å². The van der Waals surface area contributed by atoms with Gasteiger partial charge >= 0.3 is 0 Å². The Morgan fingerprint density at radius 3 is 2.90 bits per heavy atom. The fourth-order valence-electron chi connectivity index (χ4n) is 2.81. The summed E-state index contributed by atoms with van der Waals surface area (Å²) in [5.74, 6) is 0.0405. The molecule has 1 aromatic rings. The molecule has 4 heteroatoms. The van der Waals surface area contributed by atoms with Gasteiger partial charge in [0, 0.05) is 30.9 Å². The van der Waals surface area contributed by atoms with E-state index in [0.717, 1.165) is 49.3 Å². The number of nitrogens with zero attached hydrogens (tertiary/aromatic N) is 1. The maximum absolute atomic E-state index is 12.3. The Balaban J connectivity index is 1.99. The van der Waals surface area contributed by atoms with Crippen LogP contribution in [0.2, 0.25) is 0 Å². The summed E-state index contributed by atoms with van der Waals surface area (Å²) in [6.45, 7) is 7.36. The molecule has 1 unspecified atom stereocenters. The molecule has 110 valence electrons. The van der Waals surface area contributed by atoms with E-state index in [1.165, 1.54) is 0 Å². The van der Waals surface area contributed by atoms with E-state index in [9.17, 15) is 4.79 Å². The molecular weight excluding hydrogens is 250 g/mol. The molecule has 2 rings (SSSR count). The van der Waals surface area contributed by atoms with Crippen LogP contribution in [0.3, 0.4) is 0 Å². The number of piperidine rings is 1. The van der Waals surface area contributed by atoms with Gasteiger partial charge in [0.2, 0.25) is 0 Å². The summed E-state index contributed by atoms with van der Waals surface area (Å²) >= 11 is 0. The first kappa shape index (κ1) is 14.9. The molecular formula is C16H25N3O. The number of rotatable bonds is 4. The molecule has 0 saturated carbocycles. The first-order valence-electron chi connectivity index (χ1n) is 7.45. The lowest BCUT2D eigenvalue weighted by atomic mass is 10.0. The van der Waals surface area contributed by atoms with E-state index >= 15 is 0 Å². The lowest BCUT2D eigenvalue weighted by Gasteiger charge is -2.32. The number of hydrogen-bond acceptors (Lipinski definition) is 3. The van der Waals surface area contributed by atoms with Crippen LogP contribution >= 0.6 is 0 Å². The number of carbonyl (C=O) groups excluding carboxylic acids is 1. The van der Waals surface area contributed by atoms with Crippen LogP contribution in [0.1, 0.15) is 35.7 Å². The Bertz CT molecular complexity index is 473. The third-order valence-electron chi connectivity index (χ3n) is 4.05. The Hall–Kier alpha value is -1.55. The number of likely N-dealkylation sites (tertiary alicyclic amines) is 1. The summed E-state index contributed by atoms with van der Waals surface area (Å²) in [5, 5.41) is 6.28. The van der Waals surface area contributed by atoms with Crippen molar-refractivity contribution in [1.29, 1.82) is 0 Å². The van der Waals surface area contributed by atoms with Crippen LogP contribution in [0.15, 0.2) is 18.2 Å². The predicted octanol–water partition coefficient (Wildman–Crippen LogP) is 2.25. The minimum Gasteiger partial charge on any atom is -0.388 e. The summed E-state index contributed by atoms with van der Waals surface area (Å²) in [7, 11) is 1.89. The Kier molecular flexibility index (Phi) is 5.01. The number of likely N-dealkylation sites (N-methyl/N-ethyl adjacent to an activating group) is 1. The number of anilines is 1. The fourth-order valence-corrected chi connectivity index (χ4v) is 2.81. The average Bonchev–Trinajstić information content (AvgIpc) is 2.47. The molecule has 1 saturated heterocycles. The van der Waals surface area contributed by atoms with Crippen LogP contribution in [0.4, 0.5) is 5.69 Å². The third kappa shape index (κ3) is 3.51. The van der Waals surface area contributed by atoms with Crippen LogP contribution in [0, 0.1) is 6.92 Å². The monoisotopic (exact) mass is 275 g/mol. The lowest BCUT2D eigenvalue weighted by molar-refractivity contribution is 0.0906. The molecule has 20 heavy (non-hydrogen) atoms. The van der Waals surface area contributed by atoms with Gasteiger partial charge in [-0.2, -0.15) is 0 Å². The number of hydrogen-bond donors (Lipinski definition) is 2. The van der Waals surface area contributed by atoms with Gasteiger partial charge in [0.1, 0.15) is 0 Å². The van der Waals surface area contributed by atoms with E-state index in [1.807, 2.05) is 32.2 Å². The van der Waals surface area contributed by atoms with Crippen LogP contribution in [0.25, 0.3) is 0 Å². The molecule has 4 nitrogen and oxygen atoms in total. The van der Waals surface area contributed by atoms with Gasteiger partial charge in [-0.25, -0.2) is 0 Å². The molecule has 1 atom stereocenters. The molecule has 1 aliphatic heterocycles. The smallest absolute Gasteiger partial charge is 0.251 e. The van der Waals surface area contributed by atoms with Crippen molar-refractivity contribution in [3.8, 4) is 0 Å². The molecule has 0 spiro atoms. The normalized spacial score (nSPS) is 19.6. The van der Waals surface area contributed by atoms with Crippen LogP contribution in [-0.2, 0) is 0 Å². The third-order valence-corrected chi connectivity index (χ3v) is 4.05. The molecule has 0 aromatic heterocycles. The highest BCUT2D eigenvalue weighted by Gasteiger charge is 2.20. The van der Waals surface area contributed by atoms with Crippen LogP contribution in [0.5, 0.6) is 0 Å². The largest absolute Gasteiger partial charge is 0.388 e. The second-order valence-electron chi connectivity index (χ2n) is 5.49. The van der Waals surface area contributed by atoms with Crippen LogP contribution < -0.4 is 10.6 Å². The Morgan fingerprint density at radius 1 is 1.45 bits per heavy atom. The predicted molar refractivity (Wildman–Crippen MR) is 83.3 cm³/mol. The molecule has 2 N–H and O–H groups in total. The number of aryl methyl sites for hydroxylation is 1. The van der Waals surface area contributed by atoms with Crippen molar-refractivity contribution < 1.29 is 4.79 Å². The quantitative estimate of drug-likeness (QED) is 0.886. The minimum absolute atomic E-state index is 0.0405. The van der Waals surface area contributed by atoms with E-state index in [4.69, 9.17) is 0 Å². The topological polar surface area (TPSA) is 44.4 Å². The Morgan fingerprint density at radius 2 is 2.25 bits per heavy atom. The van der Waals surface area contributed by atoms with Gasteiger partial charge in [-0.15, -0.1) is 0 Å².